The van der Waals surface area contributed by atoms with Crippen molar-refractivity contribution in [2.45, 2.75) is 65.4 Å². The molecule has 2 heterocycles. The average Bonchev–Trinajstić information content (AvgIpc) is 2.64. The molecule has 0 saturated carbocycles. The number of carbonyl (C=O) groups is 2. The van der Waals surface area contributed by atoms with Gasteiger partial charge >= 0.3 is 12.2 Å². The summed E-state index contributed by atoms with van der Waals surface area (Å²) < 4.78 is 11.3. The summed E-state index contributed by atoms with van der Waals surface area (Å²) >= 11 is 0. The average molecular weight is 354 g/mol. The molecule has 0 aromatic carbocycles. The Morgan fingerprint density at radius 3 is 1.76 bits per heavy atom. The van der Waals surface area contributed by atoms with Gasteiger partial charge in [-0.05, 0) is 44.4 Å². The first-order valence-corrected chi connectivity index (χ1v) is 9.86. The molecule has 0 radical (unpaired) electrons. The largest absolute Gasteiger partial charge is 0.449 e. The Hall–Kier alpha value is -1.46. The van der Waals surface area contributed by atoms with E-state index in [1.54, 1.807) is 9.80 Å². The third-order valence-corrected chi connectivity index (χ3v) is 5.15. The Morgan fingerprint density at radius 1 is 0.800 bits per heavy atom. The van der Waals surface area contributed by atoms with E-state index in [9.17, 15) is 9.59 Å². The van der Waals surface area contributed by atoms with E-state index in [-0.39, 0.29) is 36.7 Å². The van der Waals surface area contributed by atoms with Crippen LogP contribution >= 0.6 is 0 Å². The second-order valence-electron chi connectivity index (χ2n) is 7.74. The van der Waals surface area contributed by atoms with Crippen molar-refractivity contribution in [1.29, 1.82) is 0 Å². The topological polar surface area (TPSA) is 59.1 Å². The first-order chi connectivity index (χ1) is 12.0. The van der Waals surface area contributed by atoms with E-state index < -0.39 is 0 Å². The number of amides is 2. The van der Waals surface area contributed by atoms with Crippen LogP contribution in [-0.2, 0) is 9.47 Å². The molecule has 2 saturated heterocycles. The summed E-state index contributed by atoms with van der Waals surface area (Å²) in [6.07, 6.45) is 5.84. The molecule has 25 heavy (non-hydrogen) atoms. The third-order valence-electron chi connectivity index (χ3n) is 5.15. The SMILES string of the molecule is CC(C)[C@@H](OC(=O)N1CCCCC1)[C@@H](C)COC(=O)N1CCCCC1. The Kier molecular flexibility index (Phi) is 7.85. The minimum atomic E-state index is -0.247. The van der Waals surface area contributed by atoms with Crippen molar-refractivity contribution in [3.05, 3.63) is 0 Å². The lowest BCUT2D eigenvalue weighted by atomic mass is 9.95. The molecule has 0 unspecified atom stereocenters. The molecule has 2 aliphatic heterocycles. The van der Waals surface area contributed by atoms with Crippen LogP contribution < -0.4 is 0 Å². The van der Waals surface area contributed by atoms with E-state index in [0.717, 1.165) is 51.9 Å². The van der Waals surface area contributed by atoms with Gasteiger partial charge in [-0.3, -0.25) is 0 Å². The normalized spacial score (nSPS) is 21.0. The molecule has 0 aromatic heterocycles. The van der Waals surface area contributed by atoms with Crippen molar-refractivity contribution in [1.82, 2.24) is 9.80 Å². The van der Waals surface area contributed by atoms with Crippen LogP contribution in [0.1, 0.15) is 59.3 Å². The highest BCUT2D eigenvalue weighted by atomic mass is 16.6. The predicted molar refractivity (Wildman–Crippen MR) is 96.5 cm³/mol. The number of rotatable bonds is 5. The van der Waals surface area contributed by atoms with Crippen LogP contribution in [-0.4, -0.2) is 60.9 Å². The van der Waals surface area contributed by atoms with Crippen molar-refractivity contribution >= 4 is 12.2 Å². The van der Waals surface area contributed by atoms with Crippen LogP contribution in [0.3, 0.4) is 0 Å². The van der Waals surface area contributed by atoms with Crippen LogP contribution in [0.4, 0.5) is 9.59 Å². The molecule has 6 heteroatoms. The van der Waals surface area contributed by atoms with Crippen molar-refractivity contribution in [2.75, 3.05) is 32.8 Å². The number of nitrogens with zero attached hydrogens (tertiary/aromatic N) is 2. The first kappa shape index (κ1) is 19.9. The molecule has 0 spiro atoms. The van der Waals surface area contributed by atoms with Gasteiger partial charge in [0, 0.05) is 32.1 Å². The zero-order valence-corrected chi connectivity index (χ0v) is 16.0. The molecule has 0 aliphatic carbocycles. The van der Waals surface area contributed by atoms with Crippen molar-refractivity contribution in [3.8, 4) is 0 Å². The highest BCUT2D eigenvalue weighted by Gasteiger charge is 2.29. The maximum Gasteiger partial charge on any atom is 0.410 e. The summed E-state index contributed by atoms with van der Waals surface area (Å²) in [7, 11) is 0. The quantitative estimate of drug-likeness (QED) is 0.751. The smallest absolute Gasteiger partial charge is 0.410 e. The maximum absolute atomic E-state index is 12.4. The fourth-order valence-corrected chi connectivity index (χ4v) is 3.64. The van der Waals surface area contributed by atoms with Gasteiger partial charge in [0.1, 0.15) is 6.10 Å². The summed E-state index contributed by atoms with van der Waals surface area (Å²) in [4.78, 5) is 28.1. The van der Waals surface area contributed by atoms with Crippen molar-refractivity contribution in [3.63, 3.8) is 0 Å². The van der Waals surface area contributed by atoms with E-state index in [0.29, 0.717) is 0 Å². The lowest BCUT2D eigenvalue weighted by Gasteiger charge is -2.32. The fourth-order valence-electron chi connectivity index (χ4n) is 3.64. The zero-order valence-electron chi connectivity index (χ0n) is 16.0. The van der Waals surface area contributed by atoms with Gasteiger partial charge in [-0.2, -0.15) is 0 Å². The van der Waals surface area contributed by atoms with Crippen LogP contribution in [0.5, 0.6) is 0 Å². The van der Waals surface area contributed by atoms with E-state index >= 15 is 0 Å². The molecular weight excluding hydrogens is 320 g/mol. The number of piperidine rings is 2. The number of hydrogen-bond donors (Lipinski definition) is 0. The molecule has 0 bridgehead atoms. The molecule has 2 atom stereocenters. The van der Waals surface area contributed by atoms with Crippen LogP contribution in [0, 0.1) is 11.8 Å². The van der Waals surface area contributed by atoms with Gasteiger partial charge in [-0.1, -0.05) is 20.8 Å². The number of carbonyl (C=O) groups excluding carboxylic acids is 2. The lowest BCUT2D eigenvalue weighted by molar-refractivity contribution is -0.00932. The van der Waals surface area contributed by atoms with Gasteiger partial charge in [0.15, 0.2) is 0 Å². The standard InChI is InChI=1S/C19H34N2O4/c1-15(2)17(25-19(23)21-12-8-5-9-13-21)16(3)14-24-18(22)20-10-6-4-7-11-20/h15-17H,4-14H2,1-3H3/t16-,17+/m0/s1. The van der Waals surface area contributed by atoms with Gasteiger partial charge < -0.3 is 19.3 Å². The molecule has 0 aromatic rings. The molecule has 0 N–H and O–H groups in total. The van der Waals surface area contributed by atoms with Gasteiger partial charge in [0.2, 0.25) is 0 Å². The van der Waals surface area contributed by atoms with Gasteiger partial charge in [-0.15, -0.1) is 0 Å². The van der Waals surface area contributed by atoms with Crippen molar-refractivity contribution < 1.29 is 19.1 Å². The zero-order chi connectivity index (χ0) is 18.2. The number of ether oxygens (including phenoxy) is 2. The van der Waals surface area contributed by atoms with Gasteiger partial charge in [0.05, 0.1) is 6.61 Å². The Morgan fingerprint density at radius 2 is 1.28 bits per heavy atom. The molecule has 144 valence electrons. The summed E-state index contributed by atoms with van der Waals surface area (Å²) in [5.74, 6) is 0.153. The van der Waals surface area contributed by atoms with Crippen LogP contribution in [0.15, 0.2) is 0 Å². The summed E-state index contributed by atoms with van der Waals surface area (Å²) in [6, 6.07) is 0. The van der Waals surface area contributed by atoms with E-state index in [2.05, 4.69) is 0 Å². The van der Waals surface area contributed by atoms with E-state index in [1.165, 1.54) is 12.8 Å². The Labute approximate surface area is 151 Å². The summed E-state index contributed by atoms with van der Waals surface area (Å²) in [5, 5.41) is 0. The summed E-state index contributed by atoms with van der Waals surface area (Å²) in [5.41, 5.74) is 0. The lowest BCUT2D eigenvalue weighted by Crippen LogP contribution is -2.42. The molecule has 2 aliphatic rings. The first-order valence-electron chi connectivity index (χ1n) is 9.86. The Bertz CT molecular complexity index is 429. The monoisotopic (exact) mass is 354 g/mol. The molecular formula is C19H34N2O4. The number of likely N-dealkylation sites (tertiary alicyclic amines) is 2. The second-order valence-corrected chi connectivity index (χ2v) is 7.74. The second kappa shape index (κ2) is 9.88. The highest BCUT2D eigenvalue weighted by molar-refractivity contribution is 5.68. The molecule has 6 nitrogen and oxygen atoms in total. The molecule has 2 fully saturated rings. The number of hydrogen-bond acceptors (Lipinski definition) is 4. The third kappa shape index (κ3) is 6.08. The highest BCUT2D eigenvalue weighted by Crippen LogP contribution is 2.20. The van der Waals surface area contributed by atoms with E-state index in [1.807, 2.05) is 20.8 Å². The maximum atomic E-state index is 12.4. The molecule has 2 amide bonds. The summed E-state index contributed by atoms with van der Waals surface area (Å²) in [6.45, 7) is 9.47. The molecule has 2 rings (SSSR count). The van der Waals surface area contributed by atoms with Gasteiger partial charge in [0.25, 0.3) is 0 Å². The van der Waals surface area contributed by atoms with Crippen LogP contribution in [0.2, 0.25) is 0 Å². The van der Waals surface area contributed by atoms with Gasteiger partial charge in [-0.25, -0.2) is 9.59 Å². The minimum Gasteiger partial charge on any atom is -0.449 e. The fraction of sp³-hybridized carbons (Fsp3) is 0.895. The predicted octanol–water partition coefficient (Wildman–Crippen LogP) is 3.89. The minimum absolute atomic E-state index is 0.0255. The Balaban J connectivity index is 1.81. The van der Waals surface area contributed by atoms with E-state index in [4.69, 9.17) is 9.47 Å². The van der Waals surface area contributed by atoms with Crippen LogP contribution in [0.25, 0.3) is 0 Å². The van der Waals surface area contributed by atoms with Crippen molar-refractivity contribution in [2.24, 2.45) is 11.8 Å².